The third-order valence-corrected chi connectivity index (χ3v) is 6.57. The number of benzene rings is 1. The van der Waals surface area contributed by atoms with E-state index in [9.17, 15) is 9.59 Å². The number of methoxy groups -OCH3 is 1. The van der Waals surface area contributed by atoms with Crippen molar-refractivity contribution in [2.45, 2.75) is 44.9 Å². The molecule has 2 saturated heterocycles. The number of fused-ring (bicyclic) bond motifs is 1. The summed E-state index contributed by atoms with van der Waals surface area (Å²) in [6.07, 6.45) is 2.20. The summed E-state index contributed by atoms with van der Waals surface area (Å²) in [4.78, 5) is 27.6. The molecule has 0 radical (unpaired) electrons. The Morgan fingerprint density at radius 1 is 1.15 bits per heavy atom. The summed E-state index contributed by atoms with van der Waals surface area (Å²) in [5.41, 5.74) is 1.34. The van der Waals surface area contributed by atoms with Crippen LogP contribution in [0.2, 0.25) is 0 Å². The van der Waals surface area contributed by atoms with Gasteiger partial charge in [0.05, 0.1) is 25.7 Å². The van der Waals surface area contributed by atoms with Crippen LogP contribution in [0.25, 0.3) is 22.2 Å². The van der Waals surface area contributed by atoms with Crippen molar-refractivity contribution in [1.82, 2.24) is 19.8 Å². The maximum Gasteiger partial charge on any atom is 0.296 e. The number of hydrogen-bond acceptors (Lipinski definition) is 8. The molecule has 0 atom stereocenters. The predicted molar refractivity (Wildman–Crippen MR) is 122 cm³/mol. The Kier molecular flexibility index (Phi) is 6.09. The van der Waals surface area contributed by atoms with E-state index in [1.807, 2.05) is 29.2 Å². The normalized spacial score (nSPS) is 17.5. The van der Waals surface area contributed by atoms with Gasteiger partial charge in [0.2, 0.25) is 5.91 Å². The lowest BCUT2D eigenvalue weighted by atomic mass is 10.0. The van der Waals surface area contributed by atoms with Gasteiger partial charge in [-0.3, -0.25) is 9.59 Å². The van der Waals surface area contributed by atoms with E-state index in [0.29, 0.717) is 75.4 Å². The van der Waals surface area contributed by atoms with Crippen molar-refractivity contribution in [3.05, 3.63) is 40.4 Å². The SMILES string of the molecule is COc1ccc(-c2nn(CCCC(=O)N3CCC4(CC3)OCCO4)c(=O)c3noc(C)c23)cc1. The van der Waals surface area contributed by atoms with Gasteiger partial charge in [-0.15, -0.1) is 0 Å². The number of likely N-dealkylation sites (tertiary alicyclic amines) is 1. The molecule has 0 N–H and O–H groups in total. The molecule has 2 aromatic heterocycles. The van der Waals surface area contributed by atoms with Gasteiger partial charge < -0.3 is 23.6 Å². The minimum Gasteiger partial charge on any atom is -0.497 e. The second-order valence-corrected chi connectivity index (χ2v) is 8.66. The summed E-state index contributed by atoms with van der Waals surface area (Å²) in [6, 6.07) is 7.44. The summed E-state index contributed by atoms with van der Waals surface area (Å²) in [5.74, 6) is 0.820. The minimum absolute atomic E-state index is 0.0645. The van der Waals surface area contributed by atoms with Gasteiger partial charge in [-0.1, -0.05) is 5.16 Å². The zero-order valence-electron chi connectivity index (χ0n) is 19.4. The maximum absolute atomic E-state index is 13.0. The number of hydrogen-bond donors (Lipinski definition) is 0. The Labute approximate surface area is 196 Å². The van der Waals surface area contributed by atoms with Crippen LogP contribution in [0.5, 0.6) is 5.75 Å². The van der Waals surface area contributed by atoms with Crippen molar-refractivity contribution in [3.63, 3.8) is 0 Å². The number of carbonyl (C=O) groups is 1. The van der Waals surface area contributed by atoms with Crippen molar-refractivity contribution in [2.24, 2.45) is 0 Å². The summed E-state index contributed by atoms with van der Waals surface area (Å²) < 4.78 is 23.4. The Hall–Kier alpha value is -3.24. The first-order valence-electron chi connectivity index (χ1n) is 11.6. The lowest BCUT2D eigenvalue weighted by Crippen LogP contribution is -2.47. The number of piperidine rings is 1. The largest absolute Gasteiger partial charge is 0.497 e. The van der Waals surface area contributed by atoms with Crippen molar-refractivity contribution in [1.29, 1.82) is 0 Å². The summed E-state index contributed by atoms with van der Waals surface area (Å²) >= 11 is 0. The second-order valence-electron chi connectivity index (χ2n) is 8.66. The molecule has 2 fully saturated rings. The van der Waals surface area contributed by atoms with Crippen LogP contribution in [0, 0.1) is 6.92 Å². The fraction of sp³-hybridized carbons (Fsp3) is 0.500. The molecule has 0 saturated carbocycles. The summed E-state index contributed by atoms with van der Waals surface area (Å²) in [6.45, 7) is 4.52. The highest BCUT2D eigenvalue weighted by Crippen LogP contribution is 2.32. The third-order valence-electron chi connectivity index (χ3n) is 6.57. The smallest absolute Gasteiger partial charge is 0.296 e. The molecule has 0 bridgehead atoms. The first-order chi connectivity index (χ1) is 16.5. The molecule has 1 amide bonds. The van der Waals surface area contributed by atoms with E-state index in [1.54, 1.807) is 14.0 Å². The predicted octanol–water partition coefficient (Wildman–Crippen LogP) is 2.51. The third kappa shape index (κ3) is 4.19. The van der Waals surface area contributed by atoms with E-state index in [-0.39, 0.29) is 17.0 Å². The molecule has 10 nitrogen and oxygen atoms in total. The second kappa shape index (κ2) is 9.19. The van der Waals surface area contributed by atoms with Gasteiger partial charge in [0.25, 0.3) is 5.56 Å². The van der Waals surface area contributed by atoms with E-state index in [2.05, 4.69) is 10.3 Å². The molecule has 10 heteroatoms. The molecule has 4 heterocycles. The molecule has 34 heavy (non-hydrogen) atoms. The Bertz CT molecular complexity index is 1230. The Morgan fingerprint density at radius 3 is 2.53 bits per heavy atom. The monoisotopic (exact) mass is 468 g/mol. The van der Waals surface area contributed by atoms with Gasteiger partial charge in [0.15, 0.2) is 11.3 Å². The molecule has 1 spiro atoms. The lowest BCUT2D eigenvalue weighted by Gasteiger charge is -2.37. The molecule has 0 aliphatic carbocycles. The van der Waals surface area contributed by atoms with Crippen molar-refractivity contribution >= 4 is 16.8 Å². The number of aryl methyl sites for hydroxylation is 2. The molecule has 0 unspecified atom stereocenters. The highest BCUT2D eigenvalue weighted by molar-refractivity contribution is 5.93. The molecule has 3 aromatic rings. The van der Waals surface area contributed by atoms with Crippen LogP contribution < -0.4 is 10.3 Å². The van der Waals surface area contributed by atoms with Gasteiger partial charge >= 0.3 is 0 Å². The summed E-state index contributed by atoms with van der Waals surface area (Å²) in [7, 11) is 1.61. The zero-order chi connectivity index (χ0) is 23.7. The van der Waals surface area contributed by atoms with E-state index in [0.717, 1.165) is 11.3 Å². The van der Waals surface area contributed by atoms with Crippen molar-refractivity contribution < 1.29 is 23.5 Å². The molecule has 2 aliphatic heterocycles. The Balaban J connectivity index is 1.29. The molecular weight excluding hydrogens is 440 g/mol. The van der Waals surface area contributed by atoms with Crippen LogP contribution in [0.3, 0.4) is 0 Å². The number of nitrogens with zero attached hydrogens (tertiary/aromatic N) is 4. The van der Waals surface area contributed by atoms with E-state index >= 15 is 0 Å². The van der Waals surface area contributed by atoms with Crippen LogP contribution in [-0.4, -0.2) is 64.9 Å². The van der Waals surface area contributed by atoms with Gasteiger partial charge in [-0.05, 0) is 37.6 Å². The van der Waals surface area contributed by atoms with Crippen molar-refractivity contribution in [3.8, 4) is 17.0 Å². The quantitative estimate of drug-likeness (QED) is 0.543. The maximum atomic E-state index is 13.0. The van der Waals surface area contributed by atoms with Crippen LogP contribution in [0.4, 0.5) is 0 Å². The number of carbonyl (C=O) groups excluding carboxylic acids is 1. The fourth-order valence-corrected chi connectivity index (χ4v) is 4.66. The molecule has 1 aromatic carbocycles. The average molecular weight is 469 g/mol. The van der Waals surface area contributed by atoms with Crippen LogP contribution in [-0.2, 0) is 20.8 Å². The minimum atomic E-state index is -0.503. The molecule has 5 rings (SSSR count). The zero-order valence-corrected chi connectivity index (χ0v) is 19.4. The average Bonchev–Trinajstić information content (AvgIpc) is 3.48. The number of amides is 1. The van der Waals surface area contributed by atoms with E-state index in [4.69, 9.17) is 18.7 Å². The van der Waals surface area contributed by atoms with E-state index < -0.39 is 5.79 Å². The van der Waals surface area contributed by atoms with Gasteiger partial charge in [-0.25, -0.2) is 4.68 Å². The first kappa shape index (κ1) is 22.5. The van der Waals surface area contributed by atoms with Crippen LogP contribution >= 0.6 is 0 Å². The van der Waals surface area contributed by atoms with Gasteiger partial charge in [-0.2, -0.15) is 5.10 Å². The Morgan fingerprint density at radius 2 is 1.85 bits per heavy atom. The molecule has 180 valence electrons. The number of aromatic nitrogens is 3. The van der Waals surface area contributed by atoms with Gasteiger partial charge in [0.1, 0.15) is 17.2 Å². The number of ether oxygens (including phenoxy) is 3. The fourth-order valence-electron chi connectivity index (χ4n) is 4.66. The summed E-state index contributed by atoms with van der Waals surface area (Å²) in [5, 5.41) is 9.20. The topological polar surface area (TPSA) is 109 Å². The lowest BCUT2D eigenvalue weighted by molar-refractivity contribution is -0.187. The van der Waals surface area contributed by atoms with E-state index in [1.165, 1.54) is 4.68 Å². The molecule has 2 aliphatic rings. The highest BCUT2D eigenvalue weighted by Gasteiger charge is 2.40. The van der Waals surface area contributed by atoms with Crippen molar-refractivity contribution in [2.75, 3.05) is 33.4 Å². The molecular formula is C24H28N4O6. The highest BCUT2D eigenvalue weighted by atomic mass is 16.7. The van der Waals surface area contributed by atoms with Crippen LogP contribution in [0.15, 0.2) is 33.6 Å². The standard InChI is InChI=1S/C24H28N4O6/c1-16-20-21(17-5-7-18(31-2)8-6-17)25-28(23(30)22(20)26-34-16)11-3-4-19(29)27-12-9-24(10-13-27)32-14-15-33-24/h5-8H,3-4,9-15H2,1-2H3. The van der Waals surface area contributed by atoms with Gasteiger partial charge in [0, 0.05) is 44.5 Å². The van der Waals surface area contributed by atoms with Crippen LogP contribution in [0.1, 0.15) is 31.4 Å². The number of rotatable bonds is 6. The first-order valence-corrected chi connectivity index (χ1v) is 11.6.